The Kier molecular flexibility index (Phi) is 4.14. The van der Waals surface area contributed by atoms with Gasteiger partial charge in [0.05, 0.1) is 16.4 Å². The normalized spacial score (nSPS) is 12.7. The van der Waals surface area contributed by atoms with Gasteiger partial charge in [0.15, 0.2) is 6.61 Å². The van der Waals surface area contributed by atoms with Gasteiger partial charge in [0, 0.05) is 22.2 Å². The number of amides is 2. The van der Waals surface area contributed by atoms with E-state index in [1.165, 1.54) is 0 Å². The summed E-state index contributed by atoms with van der Waals surface area (Å²) in [6.07, 6.45) is 0. The lowest BCUT2D eigenvalue weighted by molar-refractivity contribution is -0.118. The molecule has 2 aromatic carbocycles. The van der Waals surface area contributed by atoms with Crippen molar-refractivity contribution >= 4 is 34.5 Å². The van der Waals surface area contributed by atoms with Crippen LogP contribution in [0.5, 0.6) is 5.75 Å². The molecule has 0 fully saturated rings. The largest absolute Gasteiger partial charge is 0.482 e. The van der Waals surface area contributed by atoms with Crippen LogP contribution in [0.4, 0.5) is 11.4 Å². The summed E-state index contributed by atoms with van der Waals surface area (Å²) in [4.78, 5) is 28.2. The molecule has 6 nitrogen and oxygen atoms in total. The minimum Gasteiger partial charge on any atom is -0.482 e. The molecule has 2 N–H and O–H groups in total. The monoisotopic (exact) mass is 365 g/mol. The van der Waals surface area contributed by atoms with Crippen molar-refractivity contribution in [2.45, 2.75) is 6.92 Å². The highest BCUT2D eigenvalue weighted by Crippen LogP contribution is 2.29. The second kappa shape index (κ2) is 6.61. The van der Waals surface area contributed by atoms with Crippen LogP contribution in [0.3, 0.4) is 0 Å². The van der Waals surface area contributed by atoms with Gasteiger partial charge in [-0.15, -0.1) is 11.3 Å². The average molecular weight is 365 g/mol. The van der Waals surface area contributed by atoms with Crippen LogP contribution in [0.2, 0.25) is 0 Å². The molecule has 0 saturated heterocycles. The molecule has 2 heterocycles. The molecule has 1 aliphatic heterocycles. The number of ether oxygens (including phenoxy) is 1. The maximum absolute atomic E-state index is 12.5. The first kappa shape index (κ1) is 16.3. The molecule has 3 aromatic rings. The molecule has 26 heavy (non-hydrogen) atoms. The minimum absolute atomic E-state index is 0.0460. The second-order valence-electron chi connectivity index (χ2n) is 5.83. The third-order valence-electron chi connectivity index (χ3n) is 3.93. The highest BCUT2D eigenvalue weighted by Gasteiger charge is 2.18. The van der Waals surface area contributed by atoms with Crippen molar-refractivity contribution in [1.29, 1.82) is 0 Å². The highest BCUT2D eigenvalue weighted by atomic mass is 32.1. The lowest BCUT2D eigenvalue weighted by Crippen LogP contribution is -2.25. The topological polar surface area (TPSA) is 80.3 Å². The smallest absolute Gasteiger partial charge is 0.262 e. The summed E-state index contributed by atoms with van der Waals surface area (Å²) in [7, 11) is 0. The van der Waals surface area contributed by atoms with E-state index in [0.717, 1.165) is 16.3 Å². The Labute approximate surface area is 153 Å². The van der Waals surface area contributed by atoms with Gasteiger partial charge >= 0.3 is 0 Å². The first-order valence-corrected chi connectivity index (χ1v) is 8.87. The third-order valence-corrected chi connectivity index (χ3v) is 4.71. The van der Waals surface area contributed by atoms with Crippen molar-refractivity contribution in [2.24, 2.45) is 0 Å². The van der Waals surface area contributed by atoms with Gasteiger partial charge in [-0.05, 0) is 37.3 Å². The van der Waals surface area contributed by atoms with Crippen LogP contribution in [0.25, 0.3) is 11.3 Å². The van der Waals surface area contributed by atoms with Crippen LogP contribution in [0, 0.1) is 6.92 Å². The maximum Gasteiger partial charge on any atom is 0.262 e. The molecular formula is C19H15N3O3S. The van der Waals surface area contributed by atoms with E-state index >= 15 is 0 Å². The predicted octanol–water partition coefficient (Wildman–Crippen LogP) is 3.70. The molecule has 130 valence electrons. The number of hydrogen-bond donors (Lipinski definition) is 2. The summed E-state index contributed by atoms with van der Waals surface area (Å²) >= 11 is 1.60. The number of rotatable bonds is 3. The molecule has 0 aliphatic carbocycles. The molecule has 0 spiro atoms. The minimum atomic E-state index is -0.245. The zero-order valence-corrected chi connectivity index (χ0v) is 14.7. The molecule has 7 heteroatoms. The number of carbonyl (C=O) groups excluding carboxylic acids is 2. The van der Waals surface area contributed by atoms with E-state index in [2.05, 4.69) is 15.6 Å². The van der Waals surface area contributed by atoms with E-state index in [4.69, 9.17) is 4.74 Å². The third kappa shape index (κ3) is 3.29. The first-order chi connectivity index (χ1) is 12.6. The number of aromatic nitrogens is 1. The van der Waals surface area contributed by atoms with Gasteiger partial charge in [0.1, 0.15) is 5.75 Å². The summed E-state index contributed by atoms with van der Waals surface area (Å²) in [6, 6.07) is 12.5. The number of fused-ring (bicyclic) bond motifs is 1. The first-order valence-electron chi connectivity index (χ1n) is 7.99. The van der Waals surface area contributed by atoms with Gasteiger partial charge in [0.2, 0.25) is 0 Å². The van der Waals surface area contributed by atoms with Gasteiger partial charge in [0.25, 0.3) is 11.8 Å². The molecule has 0 unspecified atom stereocenters. The summed E-state index contributed by atoms with van der Waals surface area (Å²) in [5, 5.41) is 8.58. The fraction of sp³-hybridized carbons (Fsp3) is 0.105. The number of thiazole rings is 1. The van der Waals surface area contributed by atoms with Crippen molar-refractivity contribution in [1.82, 2.24) is 4.98 Å². The Hall–Kier alpha value is -3.19. The highest BCUT2D eigenvalue weighted by molar-refractivity contribution is 7.09. The SMILES string of the molecule is Cc1nc(-c2ccc(NC(=O)c3ccc4c(c3)OCC(=O)N4)cc2)cs1. The Morgan fingerprint density at radius 2 is 2.04 bits per heavy atom. The van der Waals surface area contributed by atoms with Gasteiger partial charge in [-0.3, -0.25) is 9.59 Å². The predicted molar refractivity (Wildman–Crippen MR) is 101 cm³/mol. The number of benzene rings is 2. The number of hydrogen-bond acceptors (Lipinski definition) is 5. The Morgan fingerprint density at radius 3 is 2.77 bits per heavy atom. The fourth-order valence-corrected chi connectivity index (χ4v) is 3.26. The number of nitrogens with one attached hydrogen (secondary N) is 2. The van der Waals surface area contributed by atoms with E-state index < -0.39 is 0 Å². The van der Waals surface area contributed by atoms with Crippen molar-refractivity contribution in [3.05, 3.63) is 58.4 Å². The van der Waals surface area contributed by atoms with Crippen molar-refractivity contribution in [2.75, 3.05) is 17.2 Å². The molecule has 0 atom stereocenters. The summed E-state index contributed by atoms with van der Waals surface area (Å²) in [5.41, 5.74) is 3.65. The number of carbonyl (C=O) groups is 2. The van der Waals surface area contributed by atoms with Crippen molar-refractivity contribution in [3.8, 4) is 17.0 Å². The van der Waals surface area contributed by atoms with E-state index in [0.29, 0.717) is 22.7 Å². The van der Waals surface area contributed by atoms with Gasteiger partial charge in [-0.2, -0.15) is 0 Å². The van der Waals surface area contributed by atoms with Gasteiger partial charge in [-0.25, -0.2) is 4.98 Å². The summed E-state index contributed by atoms with van der Waals surface area (Å²) < 4.78 is 5.35. The molecule has 0 saturated carbocycles. The summed E-state index contributed by atoms with van der Waals surface area (Å²) in [5.74, 6) is 0.0437. The molecule has 4 rings (SSSR count). The Bertz CT molecular complexity index is 996. The van der Waals surface area contributed by atoms with E-state index in [1.807, 2.05) is 36.6 Å². The maximum atomic E-state index is 12.5. The van der Waals surface area contributed by atoms with Crippen LogP contribution in [0.15, 0.2) is 47.8 Å². The molecule has 0 bridgehead atoms. The number of aryl methyl sites for hydroxylation is 1. The van der Waals surface area contributed by atoms with E-state index in [-0.39, 0.29) is 18.4 Å². The molecule has 0 radical (unpaired) electrons. The second-order valence-corrected chi connectivity index (χ2v) is 6.89. The molecule has 1 aromatic heterocycles. The van der Waals surface area contributed by atoms with Crippen LogP contribution in [-0.2, 0) is 4.79 Å². The summed E-state index contributed by atoms with van der Waals surface area (Å²) in [6.45, 7) is 1.92. The van der Waals surface area contributed by atoms with Crippen LogP contribution >= 0.6 is 11.3 Å². The molecule has 1 aliphatic rings. The molecule has 2 amide bonds. The van der Waals surface area contributed by atoms with Gasteiger partial charge < -0.3 is 15.4 Å². The van der Waals surface area contributed by atoms with Crippen LogP contribution in [-0.4, -0.2) is 23.4 Å². The van der Waals surface area contributed by atoms with E-state index in [9.17, 15) is 9.59 Å². The zero-order chi connectivity index (χ0) is 18.1. The Balaban J connectivity index is 1.49. The number of nitrogens with zero attached hydrogens (tertiary/aromatic N) is 1. The lowest BCUT2D eigenvalue weighted by Gasteiger charge is -2.18. The number of anilines is 2. The van der Waals surface area contributed by atoms with E-state index in [1.54, 1.807) is 29.5 Å². The van der Waals surface area contributed by atoms with Crippen LogP contribution < -0.4 is 15.4 Å². The van der Waals surface area contributed by atoms with Gasteiger partial charge in [-0.1, -0.05) is 12.1 Å². The van der Waals surface area contributed by atoms with Crippen molar-refractivity contribution < 1.29 is 14.3 Å². The average Bonchev–Trinajstić information content (AvgIpc) is 3.08. The standard InChI is InChI=1S/C19H15N3O3S/c1-11-20-16(10-26-11)12-2-5-14(6-3-12)21-19(24)13-4-7-15-17(8-13)25-9-18(23)22-15/h2-8,10H,9H2,1H3,(H,21,24)(H,22,23). The Morgan fingerprint density at radius 1 is 1.23 bits per heavy atom. The fourth-order valence-electron chi connectivity index (χ4n) is 2.64. The molecular weight excluding hydrogens is 350 g/mol. The zero-order valence-electron chi connectivity index (χ0n) is 13.9. The lowest BCUT2D eigenvalue weighted by atomic mass is 10.1. The quantitative estimate of drug-likeness (QED) is 0.742. The van der Waals surface area contributed by atoms with Crippen molar-refractivity contribution in [3.63, 3.8) is 0 Å². The van der Waals surface area contributed by atoms with Crippen LogP contribution in [0.1, 0.15) is 15.4 Å².